The number of aliphatic hydroxyl groups is 1. The van der Waals surface area contributed by atoms with Crippen LogP contribution in [0.4, 0.5) is 0 Å². The van der Waals surface area contributed by atoms with Crippen LogP contribution in [-0.4, -0.2) is 52.3 Å². The van der Waals surface area contributed by atoms with Crippen molar-refractivity contribution in [3.63, 3.8) is 0 Å². The van der Waals surface area contributed by atoms with Gasteiger partial charge in [0.25, 0.3) is 0 Å². The first-order chi connectivity index (χ1) is 11.0. The highest BCUT2D eigenvalue weighted by molar-refractivity contribution is 7.84. The van der Waals surface area contributed by atoms with Crippen LogP contribution < -0.4 is 4.74 Å². The summed E-state index contributed by atoms with van der Waals surface area (Å²) >= 11 is 0. The Balaban J connectivity index is 0.00000127. The van der Waals surface area contributed by atoms with E-state index in [1.54, 1.807) is 18.4 Å². The number of hydrogen-bond acceptors (Lipinski definition) is 4. The van der Waals surface area contributed by atoms with E-state index in [1.165, 1.54) is 0 Å². The molecule has 1 N–H and O–H groups in total. The minimum atomic E-state index is -0.973. The maximum absolute atomic E-state index is 11.3. The Morgan fingerprint density at radius 1 is 1.30 bits per heavy atom. The Labute approximate surface area is 143 Å². The van der Waals surface area contributed by atoms with Gasteiger partial charge in [-0.2, -0.15) is 0 Å². The molecule has 1 fully saturated rings. The molecule has 2 atom stereocenters. The van der Waals surface area contributed by atoms with Crippen LogP contribution >= 0.6 is 0 Å². The summed E-state index contributed by atoms with van der Waals surface area (Å²) in [6.45, 7) is 9.23. The fourth-order valence-electron chi connectivity index (χ4n) is 2.78. The van der Waals surface area contributed by atoms with Crippen molar-refractivity contribution in [3.05, 3.63) is 24.3 Å². The third kappa shape index (κ3) is 6.61. The molecule has 2 unspecified atom stereocenters. The zero-order valence-electron chi connectivity index (χ0n) is 14.9. The summed E-state index contributed by atoms with van der Waals surface area (Å²) in [6.07, 6.45) is 4.55. The molecule has 0 saturated carbocycles. The smallest absolute Gasteiger partial charge is 0.119 e. The molecule has 23 heavy (non-hydrogen) atoms. The average molecular weight is 342 g/mol. The van der Waals surface area contributed by atoms with Crippen molar-refractivity contribution in [1.29, 1.82) is 0 Å². The molecule has 1 aliphatic rings. The molecule has 1 heterocycles. The lowest BCUT2D eigenvalue weighted by atomic mass is 9.93. The second-order valence-corrected chi connectivity index (χ2v) is 7.20. The van der Waals surface area contributed by atoms with Gasteiger partial charge in [-0.05, 0) is 56.6 Å². The summed E-state index contributed by atoms with van der Waals surface area (Å²) in [6, 6.07) is 7.24. The van der Waals surface area contributed by atoms with Crippen molar-refractivity contribution < 1.29 is 14.1 Å². The van der Waals surface area contributed by atoms with Crippen LogP contribution in [0.3, 0.4) is 0 Å². The minimum absolute atomic E-state index is 0.307. The van der Waals surface area contributed by atoms with E-state index in [0.717, 1.165) is 37.2 Å². The third-order valence-corrected chi connectivity index (χ3v) is 4.77. The molecular weight excluding hydrogens is 310 g/mol. The highest BCUT2D eigenvalue weighted by Crippen LogP contribution is 2.23. The van der Waals surface area contributed by atoms with Gasteiger partial charge in [0.15, 0.2) is 0 Å². The van der Waals surface area contributed by atoms with E-state index in [0.29, 0.717) is 18.9 Å². The van der Waals surface area contributed by atoms with Gasteiger partial charge in [0, 0.05) is 28.5 Å². The molecule has 0 aromatic heterocycles. The number of β-amino-alcohol motifs (C(OH)–C–C–N with tert-alkyl or cyclic N) is 1. The zero-order chi connectivity index (χ0) is 17.3. The number of benzene rings is 1. The lowest BCUT2D eigenvalue weighted by molar-refractivity contribution is -0.0599. The zero-order valence-corrected chi connectivity index (χ0v) is 15.7. The van der Waals surface area contributed by atoms with Crippen LogP contribution in [0.15, 0.2) is 29.2 Å². The average Bonchev–Trinajstić information content (AvgIpc) is 2.56. The number of hydrogen-bond donors (Lipinski definition) is 1. The van der Waals surface area contributed by atoms with Gasteiger partial charge in [-0.1, -0.05) is 20.8 Å². The fraction of sp³-hybridized carbons (Fsp3) is 0.667. The van der Waals surface area contributed by atoms with E-state index in [9.17, 15) is 9.32 Å². The van der Waals surface area contributed by atoms with Gasteiger partial charge in [0.1, 0.15) is 18.0 Å². The molecule has 0 spiro atoms. The van der Waals surface area contributed by atoms with Gasteiger partial charge in [-0.15, -0.1) is 0 Å². The quantitative estimate of drug-likeness (QED) is 0.864. The Morgan fingerprint density at radius 3 is 2.52 bits per heavy atom. The summed E-state index contributed by atoms with van der Waals surface area (Å²) in [7, 11) is -0.973. The number of likely N-dealkylation sites (tertiary alicyclic amines) is 1. The summed E-state index contributed by atoms with van der Waals surface area (Å²) in [5.74, 6) is 0.713. The van der Waals surface area contributed by atoms with Gasteiger partial charge >= 0.3 is 0 Å². The molecule has 0 amide bonds. The number of rotatable bonds is 6. The van der Waals surface area contributed by atoms with Crippen LogP contribution in [0.25, 0.3) is 0 Å². The van der Waals surface area contributed by atoms with Crippen molar-refractivity contribution in [2.75, 3.05) is 32.5 Å². The predicted molar refractivity (Wildman–Crippen MR) is 96.5 cm³/mol. The summed E-state index contributed by atoms with van der Waals surface area (Å²) in [5, 5.41) is 10.7. The lowest BCUT2D eigenvalue weighted by Crippen LogP contribution is -2.51. The molecule has 1 aromatic carbocycles. The standard InChI is InChI=1S/C16H25NO3S.C2H6/c1-3-10-17-11-4-9-16(18,12-17)13-20-14-5-7-15(8-6-14)21(2)19;1-2/h5-8,18H,3-4,9-13H2,1-2H3;1-2H3. The van der Waals surface area contributed by atoms with Crippen LogP contribution in [0.2, 0.25) is 0 Å². The van der Waals surface area contributed by atoms with E-state index < -0.39 is 16.4 Å². The van der Waals surface area contributed by atoms with Crippen LogP contribution in [0.5, 0.6) is 5.75 Å². The normalized spacial score (nSPS) is 22.8. The fourth-order valence-corrected chi connectivity index (χ4v) is 3.30. The maximum Gasteiger partial charge on any atom is 0.119 e. The topological polar surface area (TPSA) is 49.8 Å². The van der Waals surface area contributed by atoms with Crippen molar-refractivity contribution in [2.24, 2.45) is 0 Å². The van der Waals surface area contributed by atoms with E-state index in [2.05, 4.69) is 11.8 Å². The second kappa shape index (κ2) is 10.1. The molecule has 1 saturated heterocycles. The molecule has 1 aromatic rings. The number of piperidine rings is 1. The Bertz CT molecular complexity index is 476. The Kier molecular flexibility index (Phi) is 8.81. The monoisotopic (exact) mass is 341 g/mol. The maximum atomic E-state index is 11.3. The van der Waals surface area contributed by atoms with Gasteiger partial charge in [-0.25, -0.2) is 0 Å². The van der Waals surface area contributed by atoms with E-state index in [-0.39, 0.29) is 0 Å². The molecule has 0 bridgehead atoms. The van der Waals surface area contributed by atoms with Gasteiger partial charge in [0.05, 0.1) is 0 Å². The summed E-state index contributed by atoms with van der Waals surface area (Å²) in [4.78, 5) is 3.09. The predicted octanol–water partition coefficient (Wildman–Crippen LogP) is 3.07. The van der Waals surface area contributed by atoms with Crippen molar-refractivity contribution in [2.45, 2.75) is 50.5 Å². The molecule has 4 nitrogen and oxygen atoms in total. The third-order valence-electron chi connectivity index (χ3n) is 3.84. The highest BCUT2D eigenvalue weighted by Gasteiger charge is 2.33. The van der Waals surface area contributed by atoms with Gasteiger partial charge < -0.3 is 14.7 Å². The minimum Gasteiger partial charge on any atom is -0.491 e. The Morgan fingerprint density at radius 2 is 1.96 bits per heavy atom. The van der Waals surface area contributed by atoms with Crippen LogP contribution in [0.1, 0.15) is 40.0 Å². The first kappa shape index (κ1) is 20.1. The summed E-state index contributed by atoms with van der Waals surface area (Å²) in [5.41, 5.74) is -0.764. The number of nitrogens with zero attached hydrogens (tertiary/aromatic N) is 1. The first-order valence-corrected chi connectivity index (χ1v) is 10.1. The highest BCUT2D eigenvalue weighted by atomic mass is 32.2. The molecule has 1 aliphatic heterocycles. The Hall–Kier alpha value is -0.910. The van der Waals surface area contributed by atoms with Crippen LogP contribution in [-0.2, 0) is 10.8 Å². The largest absolute Gasteiger partial charge is 0.491 e. The molecule has 5 heteroatoms. The van der Waals surface area contributed by atoms with Gasteiger partial charge in [0.2, 0.25) is 0 Å². The molecular formula is C18H31NO3S. The number of ether oxygens (including phenoxy) is 1. The van der Waals surface area contributed by atoms with Gasteiger partial charge in [-0.3, -0.25) is 4.21 Å². The molecule has 2 rings (SSSR count). The summed E-state index contributed by atoms with van der Waals surface area (Å²) < 4.78 is 17.1. The van der Waals surface area contributed by atoms with Crippen molar-refractivity contribution in [1.82, 2.24) is 4.90 Å². The van der Waals surface area contributed by atoms with E-state index in [1.807, 2.05) is 26.0 Å². The lowest BCUT2D eigenvalue weighted by Gasteiger charge is -2.38. The molecule has 0 aliphatic carbocycles. The van der Waals surface area contributed by atoms with E-state index >= 15 is 0 Å². The molecule has 0 radical (unpaired) electrons. The van der Waals surface area contributed by atoms with Crippen molar-refractivity contribution in [3.8, 4) is 5.75 Å². The first-order valence-electron chi connectivity index (χ1n) is 8.53. The SMILES string of the molecule is CC.CCCN1CCCC(O)(COc2ccc(S(C)=O)cc2)C1. The molecule has 132 valence electrons. The van der Waals surface area contributed by atoms with Crippen LogP contribution in [0, 0.1) is 0 Å². The van der Waals surface area contributed by atoms with E-state index in [4.69, 9.17) is 4.74 Å². The van der Waals surface area contributed by atoms with Crippen molar-refractivity contribution >= 4 is 10.8 Å². The second-order valence-electron chi connectivity index (χ2n) is 5.82.